The Kier molecular flexibility index (Phi) is 4.39. The molecule has 1 N–H and O–H groups in total. The molecule has 0 bridgehead atoms. The highest BCUT2D eigenvalue weighted by molar-refractivity contribution is 7.13. The predicted octanol–water partition coefficient (Wildman–Crippen LogP) is 1.74. The van der Waals surface area contributed by atoms with Gasteiger partial charge in [0.2, 0.25) is 5.13 Å². The summed E-state index contributed by atoms with van der Waals surface area (Å²) >= 11 is 1.47. The minimum absolute atomic E-state index is 0.0908. The van der Waals surface area contributed by atoms with E-state index in [4.69, 9.17) is 0 Å². The van der Waals surface area contributed by atoms with Gasteiger partial charge in [0.25, 0.3) is 0 Å². The second-order valence-electron chi connectivity index (χ2n) is 6.96. The van der Waals surface area contributed by atoms with E-state index in [-0.39, 0.29) is 5.92 Å². The van der Waals surface area contributed by atoms with Crippen LogP contribution in [0.4, 0.5) is 5.13 Å². The molecule has 4 heterocycles. The third kappa shape index (κ3) is 3.11. The number of aliphatic carboxylic acids is 1. The van der Waals surface area contributed by atoms with Gasteiger partial charge in [0.15, 0.2) is 0 Å². The van der Waals surface area contributed by atoms with Crippen LogP contribution in [-0.2, 0) is 11.3 Å². The molecule has 4 rings (SSSR count). The Morgan fingerprint density at radius 3 is 3.08 bits per heavy atom. The van der Waals surface area contributed by atoms with Gasteiger partial charge in [0.05, 0.1) is 5.41 Å². The van der Waals surface area contributed by atoms with Crippen LogP contribution < -0.4 is 4.90 Å². The van der Waals surface area contributed by atoms with Crippen LogP contribution in [0.5, 0.6) is 0 Å². The number of pyridine rings is 1. The third-order valence-electron chi connectivity index (χ3n) is 5.45. The minimum Gasteiger partial charge on any atom is -0.481 e. The molecule has 2 fully saturated rings. The van der Waals surface area contributed by atoms with Crippen LogP contribution in [0.25, 0.3) is 0 Å². The Balaban J connectivity index is 1.55. The fourth-order valence-corrected chi connectivity index (χ4v) is 4.78. The largest absolute Gasteiger partial charge is 0.481 e. The van der Waals surface area contributed by atoms with Crippen LogP contribution in [0.2, 0.25) is 0 Å². The molecule has 0 saturated carbocycles. The summed E-state index contributed by atoms with van der Waals surface area (Å²) in [6.45, 7) is 3.79. The molecule has 2 aliphatic rings. The Morgan fingerprint density at radius 1 is 1.44 bits per heavy atom. The van der Waals surface area contributed by atoms with E-state index in [1.807, 2.05) is 12.3 Å². The van der Waals surface area contributed by atoms with Crippen molar-refractivity contribution < 1.29 is 9.90 Å². The first-order valence-electron chi connectivity index (χ1n) is 8.53. The van der Waals surface area contributed by atoms with Gasteiger partial charge in [-0.2, -0.15) is 0 Å². The molecular formula is C17H21N5O2S. The van der Waals surface area contributed by atoms with Crippen molar-refractivity contribution in [2.45, 2.75) is 19.4 Å². The summed E-state index contributed by atoms with van der Waals surface area (Å²) in [5.74, 6) is -0.583. The fourth-order valence-electron chi connectivity index (χ4n) is 4.21. The lowest BCUT2D eigenvalue weighted by Crippen LogP contribution is -2.41. The van der Waals surface area contributed by atoms with Crippen LogP contribution in [0.15, 0.2) is 30.0 Å². The quantitative estimate of drug-likeness (QED) is 0.890. The molecule has 8 heteroatoms. The van der Waals surface area contributed by atoms with Crippen molar-refractivity contribution in [2.24, 2.45) is 11.3 Å². The number of fused-ring (bicyclic) bond motifs is 1. The van der Waals surface area contributed by atoms with Crippen molar-refractivity contribution in [1.82, 2.24) is 20.1 Å². The summed E-state index contributed by atoms with van der Waals surface area (Å²) in [4.78, 5) is 20.9. The average Bonchev–Trinajstić information content (AvgIpc) is 3.22. The monoisotopic (exact) mass is 359 g/mol. The number of aromatic nitrogens is 3. The standard InChI is InChI=1S/C17H21N5O2S/c23-15(24)17-4-2-6-21(8-13-3-1-5-18-7-13)9-14(17)10-22(11-17)16-20-19-12-25-16/h1,3,5,7,12,14H,2,4,6,8-11H2,(H,23,24)/t14-,17-/m0/s1. The van der Waals surface area contributed by atoms with Crippen molar-refractivity contribution in [2.75, 3.05) is 31.1 Å². The number of carboxylic acids is 1. The van der Waals surface area contributed by atoms with Crippen molar-refractivity contribution in [3.63, 3.8) is 0 Å². The van der Waals surface area contributed by atoms with Gasteiger partial charge in [0.1, 0.15) is 5.51 Å². The number of hydrogen-bond donors (Lipinski definition) is 1. The number of carbonyl (C=O) groups is 1. The van der Waals surface area contributed by atoms with Crippen molar-refractivity contribution in [3.05, 3.63) is 35.6 Å². The fraction of sp³-hybridized carbons (Fsp3) is 0.529. The Bertz CT molecular complexity index is 726. The third-order valence-corrected chi connectivity index (χ3v) is 6.20. The molecular weight excluding hydrogens is 338 g/mol. The molecule has 2 atom stereocenters. The summed E-state index contributed by atoms with van der Waals surface area (Å²) < 4.78 is 0. The van der Waals surface area contributed by atoms with Crippen LogP contribution in [0.3, 0.4) is 0 Å². The zero-order valence-electron chi connectivity index (χ0n) is 13.9. The molecule has 0 radical (unpaired) electrons. The number of nitrogens with zero attached hydrogens (tertiary/aromatic N) is 5. The van der Waals surface area contributed by atoms with Crippen LogP contribution in [0.1, 0.15) is 18.4 Å². The first-order chi connectivity index (χ1) is 12.2. The molecule has 2 aromatic rings. The topological polar surface area (TPSA) is 82.5 Å². The minimum atomic E-state index is -0.685. The average molecular weight is 359 g/mol. The highest BCUT2D eigenvalue weighted by atomic mass is 32.1. The molecule has 0 unspecified atom stereocenters. The molecule has 2 saturated heterocycles. The van der Waals surface area contributed by atoms with Gasteiger partial charge in [-0.1, -0.05) is 17.4 Å². The van der Waals surface area contributed by atoms with Gasteiger partial charge in [-0.05, 0) is 31.0 Å². The molecule has 2 aromatic heterocycles. The normalized spacial score (nSPS) is 27.0. The number of hydrogen-bond acceptors (Lipinski definition) is 7. The Morgan fingerprint density at radius 2 is 2.36 bits per heavy atom. The van der Waals surface area contributed by atoms with Gasteiger partial charge in [-0.25, -0.2) is 0 Å². The second-order valence-corrected chi connectivity index (χ2v) is 7.77. The molecule has 2 aliphatic heterocycles. The summed E-state index contributed by atoms with van der Waals surface area (Å²) in [6, 6.07) is 4.02. The van der Waals surface area contributed by atoms with Crippen LogP contribution >= 0.6 is 11.3 Å². The summed E-state index contributed by atoms with van der Waals surface area (Å²) in [5, 5.41) is 18.9. The first kappa shape index (κ1) is 16.4. The smallest absolute Gasteiger partial charge is 0.311 e. The first-order valence-corrected chi connectivity index (χ1v) is 9.41. The number of rotatable bonds is 4. The highest BCUT2D eigenvalue weighted by Crippen LogP contribution is 2.44. The highest BCUT2D eigenvalue weighted by Gasteiger charge is 2.53. The number of likely N-dealkylation sites (tertiary alicyclic amines) is 1. The van der Waals surface area contributed by atoms with Crippen LogP contribution in [-0.4, -0.2) is 57.3 Å². The molecule has 0 spiro atoms. The molecule has 132 valence electrons. The van der Waals surface area contributed by atoms with E-state index in [0.29, 0.717) is 13.0 Å². The van der Waals surface area contributed by atoms with E-state index in [0.717, 1.165) is 37.7 Å². The maximum absolute atomic E-state index is 12.2. The van der Waals surface area contributed by atoms with Crippen molar-refractivity contribution in [1.29, 1.82) is 0 Å². The van der Waals surface area contributed by atoms with Gasteiger partial charge in [-0.15, -0.1) is 10.2 Å². The lowest BCUT2D eigenvalue weighted by molar-refractivity contribution is -0.150. The molecule has 0 aliphatic carbocycles. The lowest BCUT2D eigenvalue weighted by atomic mass is 9.75. The summed E-state index contributed by atoms with van der Waals surface area (Å²) in [7, 11) is 0. The zero-order valence-corrected chi connectivity index (χ0v) is 14.7. The van der Waals surface area contributed by atoms with E-state index in [2.05, 4.69) is 31.0 Å². The SMILES string of the molecule is O=C(O)[C@]12CCCN(Cc3cccnc3)C[C@H]1CN(c1nncs1)C2. The summed E-state index contributed by atoms with van der Waals surface area (Å²) in [5.41, 5.74) is 2.19. The van der Waals surface area contributed by atoms with E-state index in [9.17, 15) is 9.90 Å². The molecule has 0 amide bonds. The van der Waals surface area contributed by atoms with E-state index < -0.39 is 11.4 Å². The molecule has 25 heavy (non-hydrogen) atoms. The maximum atomic E-state index is 12.2. The summed E-state index contributed by atoms with van der Waals surface area (Å²) in [6.07, 6.45) is 5.27. The van der Waals surface area contributed by atoms with Crippen LogP contribution in [0, 0.1) is 11.3 Å². The lowest BCUT2D eigenvalue weighted by Gasteiger charge is -2.29. The number of anilines is 1. The number of carboxylic acid groups (broad SMARTS) is 1. The van der Waals surface area contributed by atoms with Crippen molar-refractivity contribution >= 4 is 22.4 Å². The van der Waals surface area contributed by atoms with Gasteiger partial charge >= 0.3 is 5.97 Å². The van der Waals surface area contributed by atoms with E-state index in [1.54, 1.807) is 11.7 Å². The maximum Gasteiger partial charge on any atom is 0.311 e. The second kappa shape index (κ2) is 6.68. The zero-order chi connectivity index (χ0) is 17.3. The molecule has 0 aromatic carbocycles. The van der Waals surface area contributed by atoms with E-state index in [1.165, 1.54) is 16.9 Å². The van der Waals surface area contributed by atoms with Crippen molar-refractivity contribution in [3.8, 4) is 0 Å². The van der Waals surface area contributed by atoms with Gasteiger partial charge in [-0.3, -0.25) is 14.7 Å². The van der Waals surface area contributed by atoms with Gasteiger partial charge in [0, 0.05) is 44.5 Å². The van der Waals surface area contributed by atoms with E-state index >= 15 is 0 Å². The Hall–Kier alpha value is -2.06. The predicted molar refractivity (Wildman–Crippen MR) is 94.4 cm³/mol. The molecule has 7 nitrogen and oxygen atoms in total. The Labute approximate surface area is 150 Å². The van der Waals surface area contributed by atoms with Gasteiger partial charge < -0.3 is 10.0 Å².